The van der Waals surface area contributed by atoms with Crippen LogP contribution in [0.4, 0.5) is 5.69 Å². The molecule has 0 bridgehead atoms. The zero-order chi connectivity index (χ0) is 11.3. The van der Waals surface area contributed by atoms with E-state index >= 15 is 0 Å². The van der Waals surface area contributed by atoms with E-state index in [0.29, 0.717) is 6.54 Å². The van der Waals surface area contributed by atoms with Gasteiger partial charge in [-0.25, -0.2) is 0 Å². The summed E-state index contributed by atoms with van der Waals surface area (Å²) in [6, 6.07) is 4.51. The summed E-state index contributed by atoms with van der Waals surface area (Å²) in [7, 11) is 0. The Labute approximate surface area is 92.9 Å². The summed E-state index contributed by atoms with van der Waals surface area (Å²) >= 11 is 0. The van der Waals surface area contributed by atoms with Crippen LogP contribution in [-0.4, -0.2) is 6.54 Å². The number of anilines is 1. The van der Waals surface area contributed by atoms with E-state index in [4.69, 9.17) is 5.73 Å². The van der Waals surface area contributed by atoms with Gasteiger partial charge in [0, 0.05) is 18.8 Å². The Bertz CT molecular complexity index is 288. The highest BCUT2D eigenvalue weighted by molar-refractivity contribution is 5.59. The first-order valence-electron chi connectivity index (χ1n) is 5.93. The number of fused-ring (bicyclic) bond motifs is 1. The Morgan fingerprint density at radius 2 is 2.00 bits per heavy atom. The number of nitrogens with two attached hydrogens (primary N) is 1. The van der Waals surface area contributed by atoms with Crippen molar-refractivity contribution in [1.29, 1.82) is 0 Å². The molecule has 1 aliphatic rings. The lowest BCUT2D eigenvalue weighted by molar-refractivity contribution is 0.998. The van der Waals surface area contributed by atoms with Crippen molar-refractivity contribution in [2.24, 2.45) is 5.73 Å². The van der Waals surface area contributed by atoms with Crippen LogP contribution in [0.15, 0.2) is 12.1 Å². The number of hydrogen-bond donors (Lipinski definition) is 2. The molecule has 1 heterocycles. The second-order valence-corrected chi connectivity index (χ2v) is 3.51. The van der Waals surface area contributed by atoms with Crippen LogP contribution >= 0.6 is 0 Å². The Morgan fingerprint density at radius 1 is 1.27 bits per heavy atom. The van der Waals surface area contributed by atoms with Crippen molar-refractivity contribution in [1.82, 2.24) is 0 Å². The molecule has 0 fully saturated rings. The highest BCUT2D eigenvalue weighted by Gasteiger charge is 2.12. The quantitative estimate of drug-likeness (QED) is 0.780. The van der Waals surface area contributed by atoms with Crippen molar-refractivity contribution in [2.75, 3.05) is 11.9 Å². The molecule has 0 aliphatic carbocycles. The summed E-state index contributed by atoms with van der Waals surface area (Å²) in [6.45, 7) is 7.91. The van der Waals surface area contributed by atoms with Gasteiger partial charge in [0.1, 0.15) is 0 Å². The van der Waals surface area contributed by atoms with Crippen molar-refractivity contribution in [3.8, 4) is 0 Å². The lowest BCUT2D eigenvalue weighted by atomic mass is 10.0. The predicted molar refractivity (Wildman–Crippen MR) is 67.3 cm³/mol. The third-order valence-corrected chi connectivity index (χ3v) is 2.74. The minimum atomic E-state index is 0.651. The molecular weight excluding hydrogens is 184 g/mol. The van der Waals surface area contributed by atoms with Gasteiger partial charge < -0.3 is 11.1 Å². The van der Waals surface area contributed by atoms with Gasteiger partial charge in [-0.1, -0.05) is 26.8 Å². The van der Waals surface area contributed by atoms with E-state index in [0.717, 1.165) is 19.4 Å². The normalized spacial score (nSPS) is 12.5. The molecule has 15 heavy (non-hydrogen) atoms. The van der Waals surface area contributed by atoms with Gasteiger partial charge in [0.25, 0.3) is 0 Å². The zero-order valence-electron chi connectivity index (χ0n) is 10.1. The van der Waals surface area contributed by atoms with Crippen molar-refractivity contribution in [3.63, 3.8) is 0 Å². The first-order valence-corrected chi connectivity index (χ1v) is 5.93. The number of nitrogens with one attached hydrogen (secondary N) is 1. The second kappa shape index (κ2) is 5.76. The summed E-state index contributed by atoms with van der Waals surface area (Å²) in [5.74, 6) is 0. The minimum Gasteiger partial charge on any atom is -0.384 e. The molecule has 2 rings (SSSR count). The molecule has 0 spiro atoms. The molecule has 1 aromatic rings. The lowest BCUT2D eigenvalue weighted by Gasteiger charge is -2.08. The molecule has 1 aromatic carbocycles. The number of hydrogen-bond acceptors (Lipinski definition) is 2. The fourth-order valence-electron chi connectivity index (χ4n) is 1.96. The Morgan fingerprint density at radius 3 is 2.60 bits per heavy atom. The van der Waals surface area contributed by atoms with E-state index < -0.39 is 0 Å². The Balaban J connectivity index is 0.000000531. The largest absolute Gasteiger partial charge is 0.384 e. The number of benzene rings is 1. The molecule has 84 valence electrons. The molecule has 0 saturated carbocycles. The van der Waals surface area contributed by atoms with Crippen molar-refractivity contribution in [3.05, 3.63) is 28.8 Å². The van der Waals surface area contributed by atoms with Crippen LogP contribution in [0.2, 0.25) is 0 Å². The molecule has 0 aromatic heterocycles. The third kappa shape index (κ3) is 2.51. The van der Waals surface area contributed by atoms with E-state index in [-0.39, 0.29) is 0 Å². The van der Waals surface area contributed by atoms with E-state index in [1.54, 1.807) is 0 Å². The van der Waals surface area contributed by atoms with Gasteiger partial charge in [0.05, 0.1) is 0 Å². The Hall–Kier alpha value is -1.02. The topological polar surface area (TPSA) is 38.0 Å². The van der Waals surface area contributed by atoms with Crippen LogP contribution in [0.5, 0.6) is 0 Å². The summed E-state index contributed by atoms with van der Waals surface area (Å²) in [5.41, 5.74) is 11.1. The number of aryl methyl sites for hydroxylation is 1. The molecule has 3 N–H and O–H groups in total. The molecule has 2 heteroatoms. The third-order valence-electron chi connectivity index (χ3n) is 2.74. The van der Waals surface area contributed by atoms with Gasteiger partial charge in [-0.3, -0.25) is 0 Å². The molecule has 2 nitrogen and oxygen atoms in total. The van der Waals surface area contributed by atoms with E-state index in [1.165, 1.54) is 22.4 Å². The van der Waals surface area contributed by atoms with Crippen LogP contribution < -0.4 is 11.1 Å². The second-order valence-electron chi connectivity index (χ2n) is 3.51. The van der Waals surface area contributed by atoms with Gasteiger partial charge in [0.2, 0.25) is 0 Å². The van der Waals surface area contributed by atoms with Crippen LogP contribution in [0.25, 0.3) is 0 Å². The average molecular weight is 206 g/mol. The first-order chi connectivity index (χ1) is 7.35. The fraction of sp³-hybridized carbons (Fsp3) is 0.538. The van der Waals surface area contributed by atoms with E-state index in [9.17, 15) is 0 Å². The van der Waals surface area contributed by atoms with E-state index in [1.807, 2.05) is 13.8 Å². The average Bonchev–Trinajstić information content (AvgIpc) is 2.76. The highest BCUT2D eigenvalue weighted by Crippen LogP contribution is 2.26. The Kier molecular flexibility index (Phi) is 4.63. The standard InChI is InChI=1S/C11H16N2.C2H6/c1-2-8-5-9-3-4-13-11(9)6-10(8)7-12;1-2/h5-6,13H,2-4,7,12H2,1H3;1-2H3. The molecule has 0 radical (unpaired) electrons. The van der Waals surface area contributed by atoms with Gasteiger partial charge in [-0.2, -0.15) is 0 Å². The molecule has 0 unspecified atom stereocenters. The predicted octanol–water partition coefficient (Wildman–Crippen LogP) is 2.70. The van der Waals surface area contributed by atoms with Crippen molar-refractivity contribution in [2.45, 2.75) is 40.2 Å². The maximum atomic E-state index is 5.69. The SMILES string of the molecule is CC.CCc1cc2c(cc1CN)NCC2. The van der Waals surface area contributed by atoms with Gasteiger partial charge in [-0.05, 0) is 35.6 Å². The lowest BCUT2D eigenvalue weighted by Crippen LogP contribution is -2.02. The van der Waals surface area contributed by atoms with Crippen LogP contribution in [0.3, 0.4) is 0 Å². The molecule has 0 saturated heterocycles. The smallest absolute Gasteiger partial charge is 0.0376 e. The van der Waals surface area contributed by atoms with E-state index in [2.05, 4.69) is 24.4 Å². The maximum Gasteiger partial charge on any atom is 0.0376 e. The monoisotopic (exact) mass is 206 g/mol. The molecule has 1 aliphatic heterocycles. The van der Waals surface area contributed by atoms with Crippen LogP contribution in [0.1, 0.15) is 37.5 Å². The first kappa shape index (κ1) is 12.1. The summed E-state index contributed by atoms with van der Waals surface area (Å²) < 4.78 is 0. The molecule has 0 amide bonds. The summed E-state index contributed by atoms with van der Waals surface area (Å²) in [5, 5.41) is 3.37. The van der Waals surface area contributed by atoms with Crippen molar-refractivity contribution < 1.29 is 0 Å². The van der Waals surface area contributed by atoms with Crippen LogP contribution in [0, 0.1) is 0 Å². The number of rotatable bonds is 2. The fourth-order valence-corrected chi connectivity index (χ4v) is 1.96. The zero-order valence-corrected chi connectivity index (χ0v) is 10.1. The molecular formula is C13H22N2. The summed E-state index contributed by atoms with van der Waals surface area (Å²) in [4.78, 5) is 0. The van der Waals surface area contributed by atoms with Gasteiger partial charge >= 0.3 is 0 Å². The van der Waals surface area contributed by atoms with Crippen molar-refractivity contribution >= 4 is 5.69 Å². The highest BCUT2D eigenvalue weighted by atomic mass is 14.9. The minimum absolute atomic E-state index is 0.651. The maximum absolute atomic E-state index is 5.69. The summed E-state index contributed by atoms with van der Waals surface area (Å²) in [6.07, 6.45) is 2.24. The van der Waals surface area contributed by atoms with Gasteiger partial charge in [0.15, 0.2) is 0 Å². The van der Waals surface area contributed by atoms with Gasteiger partial charge in [-0.15, -0.1) is 0 Å². The molecule has 0 atom stereocenters. The van der Waals surface area contributed by atoms with Crippen LogP contribution in [-0.2, 0) is 19.4 Å².